The van der Waals surface area contributed by atoms with Gasteiger partial charge in [0.25, 0.3) is 0 Å². The number of carbonyl (C=O) groups excluding carboxylic acids is 1. The summed E-state index contributed by atoms with van der Waals surface area (Å²) in [6.07, 6.45) is 2.02. The number of esters is 1. The SMILES string of the molecule is CC[C@H](Br)[C@@H](C)[C@H](C=NOC)OC(=O)c1ccccc1. The molecule has 0 aliphatic heterocycles. The Morgan fingerprint density at radius 1 is 1.40 bits per heavy atom. The fraction of sp³-hybridized carbons (Fsp3) is 0.467. The maximum absolute atomic E-state index is 12.1. The van der Waals surface area contributed by atoms with Crippen LogP contribution in [0.3, 0.4) is 0 Å². The molecular formula is C15H20BrNO3. The van der Waals surface area contributed by atoms with Gasteiger partial charge in [-0.25, -0.2) is 4.79 Å². The molecule has 0 N–H and O–H groups in total. The number of alkyl halides is 1. The highest BCUT2D eigenvalue weighted by Crippen LogP contribution is 2.22. The second-order valence-electron chi connectivity index (χ2n) is 4.46. The summed E-state index contributed by atoms with van der Waals surface area (Å²) in [5.41, 5.74) is 0.526. The average molecular weight is 342 g/mol. The molecular weight excluding hydrogens is 322 g/mol. The summed E-state index contributed by atoms with van der Waals surface area (Å²) in [7, 11) is 1.46. The minimum atomic E-state index is -0.438. The zero-order valence-electron chi connectivity index (χ0n) is 12.0. The molecule has 0 saturated heterocycles. The molecule has 1 aromatic carbocycles. The predicted molar refractivity (Wildman–Crippen MR) is 83.3 cm³/mol. The van der Waals surface area contributed by atoms with Gasteiger partial charge in [-0.2, -0.15) is 0 Å². The first-order valence-electron chi connectivity index (χ1n) is 6.56. The molecule has 0 unspecified atom stereocenters. The van der Waals surface area contributed by atoms with Crippen LogP contribution < -0.4 is 0 Å². The van der Waals surface area contributed by atoms with E-state index in [0.29, 0.717) is 5.56 Å². The van der Waals surface area contributed by atoms with Gasteiger partial charge in [0.2, 0.25) is 0 Å². The fourth-order valence-electron chi connectivity index (χ4n) is 1.74. The maximum Gasteiger partial charge on any atom is 0.338 e. The summed E-state index contributed by atoms with van der Waals surface area (Å²) in [5.74, 6) is -0.271. The van der Waals surface area contributed by atoms with Crippen molar-refractivity contribution in [1.29, 1.82) is 0 Å². The standard InChI is InChI=1S/C15H20BrNO3/c1-4-13(16)11(2)14(10-17-19-3)20-15(18)12-8-6-5-7-9-12/h5-11,13-14H,4H2,1-3H3/t11-,13+,14+/m1/s1. The molecule has 5 heteroatoms. The van der Waals surface area contributed by atoms with Gasteiger partial charge in [0, 0.05) is 10.7 Å². The molecule has 0 aromatic heterocycles. The molecule has 0 saturated carbocycles. The van der Waals surface area contributed by atoms with E-state index in [-0.39, 0.29) is 16.7 Å². The van der Waals surface area contributed by atoms with Gasteiger partial charge in [0.05, 0.1) is 11.8 Å². The van der Waals surface area contributed by atoms with Crippen LogP contribution in [0.5, 0.6) is 0 Å². The van der Waals surface area contributed by atoms with Gasteiger partial charge in [-0.15, -0.1) is 0 Å². The highest BCUT2D eigenvalue weighted by atomic mass is 79.9. The van der Waals surface area contributed by atoms with Gasteiger partial charge in [0.1, 0.15) is 13.2 Å². The average Bonchev–Trinajstić information content (AvgIpc) is 2.50. The number of benzene rings is 1. The van der Waals surface area contributed by atoms with Gasteiger partial charge in [-0.05, 0) is 18.6 Å². The molecule has 0 heterocycles. The molecule has 20 heavy (non-hydrogen) atoms. The van der Waals surface area contributed by atoms with E-state index >= 15 is 0 Å². The fourth-order valence-corrected chi connectivity index (χ4v) is 2.04. The first-order valence-corrected chi connectivity index (χ1v) is 7.48. The van der Waals surface area contributed by atoms with Crippen molar-refractivity contribution in [2.45, 2.75) is 31.2 Å². The van der Waals surface area contributed by atoms with Gasteiger partial charge >= 0.3 is 5.97 Å². The minimum absolute atomic E-state index is 0.0894. The maximum atomic E-state index is 12.1. The smallest absolute Gasteiger partial charge is 0.338 e. The minimum Gasteiger partial charge on any atom is -0.452 e. The van der Waals surface area contributed by atoms with E-state index in [1.807, 2.05) is 13.0 Å². The third kappa shape index (κ3) is 4.96. The molecule has 0 radical (unpaired) electrons. The van der Waals surface area contributed by atoms with Crippen LogP contribution in [0, 0.1) is 5.92 Å². The molecule has 0 bridgehead atoms. The van der Waals surface area contributed by atoms with Crippen LogP contribution in [-0.4, -0.2) is 30.2 Å². The number of nitrogens with zero attached hydrogens (tertiary/aromatic N) is 1. The van der Waals surface area contributed by atoms with E-state index in [1.54, 1.807) is 24.3 Å². The molecule has 0 fully saturated rings. The number of ether oxygens (including phenoxy) is 1. The molecule has 0 aliphatic carbocycles. The van der Waals surface area contributed by atoms with Crippen LogP contribution in [0.25, 0.3) is 0 Å². The Labute approximate surface area is 128 Å². The zero-order valence-corrected chi connectivity index (χ0v) is 13.5. The third-order valence-electron chi connectivity index (χ3n) is 3.04. The lowest BCUT2D eigenvalue weighted by atomic mass is 10.00. The van der Waals surface area contributed by atoms with Crippen molar-refractivity contribution >= 4 is 28.1 Å². The second-order valence-corrected chi connectivity index (χ2v) is 5.63. The van der Waals surface area contributed by atoms with Crippen LogP contribution in [0.2, 0.25) is 0 Å². The predicted octanol–water partition coefficient (Wildman–Crippen LogP) is 3.65. The molecule has 0 amide bonds. The van der Waals surface area contributed by atoms with Crippen molar-refractivity contribution in [2.24, 2.45) is 11.1 Å². The van der Waals surface area contributed by atoms with E-state index in [9.17, 15) is 4.79 Å². The molecule has 0 aliphatic rings. The van der Waals surface area contributed by atoms with Gasteiger partial charge in [-0.3, -0.25) is 0 Å². The summed E-state index contributed by atoms with van der Waals surface area (Å²) < 4.78 is 5.53. The Kier molecular flexibility index (Phi) is 7.30. The number of oxime groups is 1. The summed E-state index contributed by atoms with van der Waals surface area (Å²) >= 11 is 3.59. The number of halogens is 1. The lowest BCUT2D eigenvalue weighted by Gasteiger charge is -2.24. The highest BCUT2D eigenvalue weighted by Gasteiger charge is 2.25. The van der Waals surface area contributed by atoms with Crippen molar-refractivity contribution in [2.75, 3.05) is 7.11 Å². The number of carbonyl (C=O) groups is 1. The molecule has 3 atom stereocenters. The summed E-state index contributed by atoms with van der Waals surface area (Å²) in [5, 5.41) is 3.73. The Morgan fingerprint density at radius 2 is 2.05 bits per heavy atom. The van der Waals surface area contributed by atoms with E-state index in [0.717, 1.165) is 6.42 Å². The van der Waals surface area contributed by atoms with Crippen molar-refractivity contribution in [3.05, 3.63) is 35.9 Å². The van der Waals surface area contributed by atoms with Crippen LogP contribution in [0.1, 0.15) is 30.6 Å². The Balaban J connectivity index is 2.79. The van der Waals surface area contributed by atoms with Gasteiger partial charge in [0.15, 0.2) is 0 Å². The van der Waals surface area contributed by atoms with E-state index in [2.05, 4.69) is 32.8 Å². The third-order valence-corrected chi connectivity index (χ3v) is 4.53. The summed E-state index contributed by atoms with van der Waals surface area (Å²) in [4.78, 5) is 17.0. The molecule has 1 aromatic rings. The summed E-state index contributed by atoms with van der Waals surface area (Å²) in [6, 6.07) is 8.91. The van der Waals surface area contributed by atoms with Crippen molar-refractivity contribution in [3.8, 4) is 0 Å². The van der Waals surface area contributed by atoms with Gasteiger partial charge < -0.3 is 9.57 Å². The number of hydrogen-bond donors (Lipinski definition) is 0. The van der Waals surface area contributed by atoms with Gasteiger partial charge in [-0.1, -0.05) is 53.1 Å². The largest absolute Gasteiger partial charge is 0.452 e. The second kappa shape index (κ2) is 8.74. The summed E-state index contributed by atoms with van der Waals surface area (Å²) in [6.45, 7) is 4.08. The first kappa shape index (κ1) is 16.7. The monoisotopic (exact) mass is 341 g/mol. The number of hydrogen-bond acceptors (Lipinski definition) is 4. The normalized spacial score (nSPS) is 15.6. The van der Waals surface area contributed by atoms with Crippen LogP contribution in [0.15, 0.2) is 35.5 Å². The van der Waals surface area contributed by atoms with E-state index < -0.39 is 6.10 Å². The van der Waals surface area contributed by atoms with Crippen molar-refractivity contribution in [1.82, 2.24) is 0 Å². The first-order chi connectivity index (χ1) is 9.60. The molecule has 4 nitrogen and oxygen atoms in total. The molecule has 110 valence electrons. The van der Waals surface area contributed by atoms with Crippen LogP contribution >= 0.6 is 15.9 Å². The topological polar surface area (TPSA) is 47.9 Å². The Hall–Kier alpha value is -1.36. The lowest BCUT2D eigenvalue weighted by molar-refractivity contribution is 0.0336. The van der Waals surface area contributed by atoms with Crippen molar-refractivity contribution < 1.29 is 14.4 Å². The number of rotatable bonds is 7. The Bertz CT molecular complexity index is 436. The van der Waals surface area contributed by atoms with E-state index in [1.165, 1.54) is 13.3 Å². The quantitative estimate of drug-likeness (QED) is 0.329. The highest BCUT2D eigenvalue weighted by molar-refractivity contribution is 9.09. The lowest BCUT2D eigenvalue weighted by Crippen LogP contribution is -2.32. The molecule has 1 rings (SSSR count). The van der Waals surface area contributed by atoms with Crippen molar-refractivity contribution in [3.63, 3.8) is 0 Å². The van der Waals surface area contributed by atoms with Crippen LogP contribution in [0.4, 0.5) is 0 Å². The molecule has 0 spiro atoms. The van der Waals surface area contributed by atoms with Crippen LogP contribution in [-0.2, 0) is 9.57 Å². The zero-order chi connectivity index (χ0) is 15.0. The van der Waals surface area contributed by atoms with E-state index in [4.69, 9.17) is 4.74 Å². The Morgan fingerprint density at radius 3 is 2.60 bits per heavy atom.